The summed E-state index contributed by atoms with van der Waals surface area (Å²) in [7, 11) is 0. The van der Waals surface area contributed by atoms with Crippen molar-refractivity contribution < 1.29 is 18.3 Å². The van der Waals surface area contributed by atoms with E-state index in [4.69, 9.17) is 9.47 Å². The zero-order valence-electron chi connectivity index (χ0n) is 10.1. The Bertz CT molecular complexity index is 470. The molecule has 2 heterocycles. The Balaban J connectivity index is 2.00. The van der Waals surface area contributed by atoms with Crippen LogP contribution in [0.25, 0.3) is 0 Å². The van der Waals surface area contributed by atoms with E-state index in [2.05, 4.69) is 5.32 Å². The molecule has 3 rings (SSSR count). The Morgan fingerprint density at radius 3 is 2.67 bits per heavy atom. The molecule has 1 unspecified atom stereocenters. The molecule has 0 amide bonds. The lowest BCUT2D eigenvalue weighted by molar-refractivity contribution is -0.0383. The maximum atomic E-state index is 14.4. The fourth-order valence-electron chi connectivity index (χ4n) is 2.58. The molecule has 1 atom stereocenters. The number of benzene rings is 1. The summed E-state index contributed by atoms with van der Waals surface area (Å²) in [6.45, 7) is 2.44. The minimum atomic E-state index is -2.87. The molecule has 0 radical (unpaired) electrons. The summed E-state index contributed by atoms with van der Waals surface area (Å²) in [5.41, 5.74) is 0.573. The van der Waals surface area contributed by atoms with Crippen molar-refractivity contribution in [3.8, 4) is 11.5 Å². The summed E-state index contributed by atoms with van der Waals surface area (Å²) >= 11 is 0. The quantitative estimate of drug-likeness (QED) is 0.881. The van der Waals surface area contributed by atoms with Gasteiger partial charge in [0.25, 0.3) is 5.92 Å². The van der Waals surface area contributed by atoms with E-state index in [-0.39, 0.29) is 12.4 Å². The average molecular weight is 255 g/mol. The minimum Gasteiger partial charge on any atom is -0.454 e. The molecule has 1 fully saturated rings. The van der Waals surface area contributed by atoms with Crippen LogP contribution in [0.4, 0.5) is 8.78 Å². The molecule has 2 aliphatic heterocycles. The van der Waals surface area contributed by atoms with Crippen LogP contribution in [0, 0.1) is 6.92 Å². The maximum absolute atomic E-state index is 14.4. The summed E-state index contributed by atoms with van der Waals surface area (Å²) in [5, 5.41) is 2.87. The molecular formula is C13H15F2NO2. The molecule has 0 aliphatic carbocycles. The number of ether oxygens (including phenoxy) is 2. The summed E-state index contributed by atoms with van der Waals surface area (Å²) in [4.78, 5) is 0. The van der Waals surface area contributed by atoms with E-state index < -0.39 is 12.0 Å². The van der Waals surface area contributed by atoms with Gasteiger partial charge in [0, 0.05) is 5.56 Å². The first-order valence-electron chi connectivity index (χ1n) is 6.11. The van der Waals surface area contributed by atoms with Crippen LogP contribution in [0.15, 0.2) is 12.1 Å². The number of fused-ring (bicyclic) bond motifs is 1. The normalized spacial score (nSPS) is 22.5. The summed E-state index contributed by atoms with van der Waals surface area (Å²) in [6, 6.07) is 2.26. The van der Waals surface area contributed by atoms with Gasteiger partial charge in [-0.05, 0) is 44.0 Å². The highest BCUT2D eigenvalue weighted by molar-refractivity contribution is 5.50. The highest BCUT2D eigenvalue weighted by Gasteiger charge is 2.44. The van der Waals surface area contributed by atoms with Gasteiger partial charge in [0.1, 0.15) is 0 Å². The average Bonchev–Trinajstić information content (AvgIpc) is 2.98. The predicted molar refractivity (Wildman–Crippen MR) is 62.2 cm³/mol. The molecule has 0 saturated carbocycles. The summed E-state index contributed by atoms with van der Waals surface area (Å²) in [6.07, 6.45) is 1.30. The number of halogens is 2. The van der Waals surface area contributed by atoms with Gasteiger partial charge >= 0.3 is 0 Å². The van der Waals surface area contributed by atoms with Gasteiger partial charge in [-0.15, -0.1) is 0 Å². The Hall–Kier alpha value is -1.36. The SMILES string of the molecule is Cc1cc2c(cc1C(F)(F)C1CCCN1)OCO2. The second-order valence-corrected chi connectivity index (χ2v) is 4.79. The number of hydrogen-bond donors (Lipinski definition) is 1. The van der Waals surface area contributed by atoms with Crippen LogP contribution in [0.5, 0.6) is 11.5 Å². The topological polar surface area (TPSA) is 30.5 Å². The molecule has 0 aromatic heterocycles. The molecule has 5 heteroatoms. The van der Waals surface area contributed by atoms with Crippen LogP contribution >= 0.6 is 0 Å². The lowest BCUT2D eigenvalue weighted by atomic mass is 9.95. The van der Waals surface area contributed by atoms with Crippen LogP contribution in [-0.2, 0) is 5.92 Å². The molecule has 0 spiro atoms. The highest BCUT2D eigenvalue weighted by atomic mass is 19.3. The van der Waals surface area contributed by atoms with E-state index in [1.807, 2.05) is 0 Å². The van der Waals surface area contributed by atoms with E-state index in [1.165, 1.54) is 6.07 Å². The molecule has 18 heavy (non-hydrogen) atoms. The van der Waals surface area contributed by atoms with E-state index >= 15 is 0 Å². The Kier molecular flexibility index (Phi) is 2.66. The minimum absolute atomic E-state index is 0.0335. The fourth-order valence-corrected chi connectivity index (χ4v) is 2.58. The van der Waals surface area contributed by atoms with Gasteiger partial charge in [0.15, 0.2) is 11.5 Å². The second kappa shape index (κ2) is 4.09. The van der Waals surface area contributed by atoms with E-state index in [1.54, 1.807) is 13.0 Å². The molecule has 98 valence electrons. The van der Waals surface area contributed by atoms with Crippen LogP contribution in [0.3, 0.4) is 0 Å². The maximum Gasteiger partial charge on any atom is 0.288 e. The van der Waals surface area contributed by atoms with Crippen molar-refractivity contribution in [2.75, 3.05) is 13.3 Å². The third kappa shape index (κ3) is 1.73. The van der Waals surface area contributed by atoms with Crippen LogP contribution < -0.4 is 14.8 Å². The van der Waals surface area contributed by atoms with E-state index in [0.717, 1.165) is 6.42 Å². The zero-order chi connectivity index (χ0) is 12.8. The van der Waals surface area contributed by atoms with Gasteiger partial charge in [0.2, 0.25) is 6.79 Å². The van der Waals surface area contributed by atoms with Gasteiger partial charge in [-0.2, -0.15) is 8.78 Å². The van der Waals surface area contributed by atoms with Crippen molar-refractivity contribution in [2.45, 2.75) is 31.7 Å². The molecule has 2 aliphatic rings. The smallest absolute Gasteiger partial charge is 0.288 e. The van der Waals surface area contributed by atoms with Crippen LogP contribution in [-0.4, -0.2) is 19.4 Å². The first-order valence-corrected chi connectivity index (χ1v) is 6.11. The molecule has 1 aromatic rings. The number of alkyl halides is 2. The highest BCUT2D eigenvalue weighted by Crippen LogP contribution is 2.43. The van der Waals surface area contributed by atoms with Gasteiger partial charge in [0.05, 0.1) is 6.04 Å². The molecular weight excluding hydrogens is 240 g/mol. The lowest BCUT2D eigenvalue weighted by Crippen LogP contribution is -2.39. The van der Waals surface area contributed by atoms with E-state index in [0.29, 0.717) is 30.0 Å². The largest absolute Gasteiger partial charge is 0.454 e. The first kappa shape index (κ1) is 11.7. The third-order valence-electron chi connectivity index (χ3n) is 3.58. The molecule has 3 nitrogen and oxygen atoms in total. The zero-order valence-corrected chi connectivity index (χ0v) is 10.1. The molecule has 0 bridgehead atoms. The van der Waals surface area contributed by atoms with Gasteiger partial charge in [-0.25, -0.2) is 0 Å². The van der Waals surface area contributed by atoms with Crippen molar-refractivity contribution in [2.24, 2.45) is 0 Å². The molecule has 1 N–H and O–H groups in total. The van der Waals surface area contributed by atoms with Gasteiger partial charge in [-0.1, -0.05) is 0 Å². The number of rotatable bonds is 2. The summed E-state index contributed by atoms with van der Waals surface area (Å²) in [5.74, 6) is -1.92. The Morgan fingerprint density at radius 1 is 1.28 bits per heavy atom. The van der Waals surface area contributed by atoms with Crippen molar-refractivity contribution in [1.29, 1.82) is 0 Å². The molecule has 1 saturated heterocycles. The third-order valence-corrected chi connectivity index (χ3v) is 3.58. The van der Waals surface area contributed by atoms with E-state index in [9.17, 15) is 8.78 Å². The monoisotopic (exact) mass is 255 g/mol. The molecule has 1 aromatic carbocycles. The first-order chi connectivity index (χ1) is 8.59. The second-order valence-electron chi connectivity index (χ2n) is 4.79. The predicted octanol–water partition coefficient (Wildman–Crippen LogP) is 2.57. The van der Waals surface area contributed by atoms with Crippen molar-refractivity contribution in [3.63, 3.8) is 0 Å². The van der Waals surface area contributed by atoms with Crippen molar-refractivity contribution in [3.05, 3.63) is 23.3 Å². The van der Waals surface area contributed by atoms with Gasteiger partial charge < -0.3 is 14.8 Å². The number of nitrogens with one attached hydrogen (secondary N) is 1. The van der Waals surface area contributed by atoms with Crippen LogP contribution in [0.1, 0.15) is 24.0 Å². The Labute approximate surface area is 104 Å². The van der Waals surface area contributed by atoms with Crippen molar-refractivity contribution in [1.82, 2.24) is 5.32 Å². The Morgan fingerprint density at radius 2 is 2.00 bits per heavy atom. The fraction of sp³-hybridized carbons (Fsp3) is 0.538. The lowest BCUT2D eigenvalue weighted by Gasteiger charge is -2.25. The van der Waals surface area contributed by atoms with Crippen LogP contribution in [0.2, 0.25) is 0 Å². The summed E-state index contributed by atoms with van der Waals surface area (Å²) < 4.78 is 39.2. The standard InChI is InChI=1S/C13H15F2NO2/c1-8-5-10-11(18-7-17-10)6-9(8)13(14,15)12-3-2-4-16-12/h5-6,12,16H,2-4,7H2,1H3. The number of hydrogen-bond acceptors (Lipinski definition) is 3. The van der Waals surface area contributed by atoms with Gasteiger partial charge in [-0.3, -0.25) is 0 Å². The number of aryl methyl sites for hydroxylation is 1. The van der Waals surface area contributed by atoms with Crippen molar-refractivity contribution >= 4 is 0 Å².